The molecule has 1 atom stereocenters. The molecule has 7 nitrogen and oxygen atoms in total. The Bertz CT molecular complexity index is 720. The van der Waals surface area contributed by atoms with Crippen LogP contribution in [0.4, 0.5) is 0 Å². The van der Waals surface area contributed by atoms with Crippen LogP contribution in [0.15, 0.2) is 18.5 Å². The van der Waals surface area contributed by atoms with Gasteiger partial charge in [0.1, 0.15) is 6.10 Å². The van der Waals surface area contributed by atoms with Crippen LogP contribution in [-0.2, 0) is 22.6 Å². The number of aromatic nitrogens is 4. The summed E-state index contributed by atoms with van der Waals surface area (Å²) in [6, 6.07) is 2.04. The Morgan fingerprint density at radius 2 is 2.12 bits per heavy atom. The third-order valence-corrected chi connectivity index (χ3v) is 4.56. The first kappa shape index (κ1) is 18.5. The van der Waals surface area contributed by atoms with Gasteiger partial charge in [-0.05, 0) is 45.6 Å². The van der Waals surface area contributed by atoms with Crippen LogP contribution in [0.2, 0.25) is 0 Å². The number of hydrogen-bond donors (Lipinski definition) is 1. The fraction of sp³-hybridized carbons (Fsp3) is 0.579. The van der Waals surface area contributed by atoms with E-state index in [1.807, 2.05) is 24.6 Å². The van der Waals surface area contributed by atoms with Gasteiger partial charge in [-0.3, -0.25) is 9.48 Å². The molecule has 2 aromatic rings. The zero-order chi connectivity index (χ0) is 18.4. The molecule has 0 aliphatic carbocycles. The molecule has 7 heteroatoms. The molecule has 1 saturated heterocycles. The van der Waals surface area contributed by atoms with E-state index in [0.717, 1.165) is 61.6 Å². The summed E-state index contributed by atoms with van der Waals surface area (Å²) in [7, 11) is 0. The van der Waals surface area contributed by atoms with Crippen LogP contribution in [0.25, 0.3) is 0 Å². The molecule has 2 aromatic heterocycles. The summed E-state index contributed by atoms with van der Waals surface area (Å²) in [4.78, 5) is 20.8. The van der Waals surface area contributed by atoms with E-state index in [9.17, 15) is 4.79 Å². The van der Waals surface area contributed by atoms with Crippen molar-refractivity contribution in [3.63, 3.8) is 0 Å². The molecular formula is C19H27N5O2. The summed E-state index contributed by atoms with van der Waals surface area (Å²) in [6.07, 6.45) is 8.05. The number of carbonyl (C=O) groups excluding carboxylic acids is 1. The number of hydrogen-bond acceptors (Lipinski definition) is 5. The molecule has 1 N–H and O–H groups in total. The third-order valence-electron chi connectivity index (χ3n) is 4.56. The van der Waals surface area contributed by atoms with Crippen molar-refractivity contribution in [2.24, 2.45) is 0 Å². The van der Waals surface area contributed by atoms with Crippen molar-refractivity contribution in [2.45, 2.75) is 65.1 Å². The molecule has 1 aliphatic heterocycles. The summed E-state index contributed by atoms with van der Waals surface area (Å²) in [5.74, 6) is 0.774. The molecule has 0 unspecified atom stereocenters. The van der Waals surface area contributed by atoms with E-state index in [4.69, 9.17) is 4.74 Å². The molecular weight excluding hydrogens is 330 g/mol. The van der Waals surface area contributed by atoms with Gasteiger partial charge in [0.15, 0.2) is 5.82 Å². The molecule has 140 valence electrons. The van der Waals surface area contributed by atoms with Gasteiger partial charge in [-0.2, -0.15) is 5.10 Å². The summed E-state index contributed by atoms with van der Waals surface area (Å²) in [6.45, 7) is 5.99. The fourth-order valence-electron chi connectivity index (χ4n) is 3.15. The van der Waals surface area contributed by atoms with E-state index in [1.165, 1.54) is 0 Å². The van der Waals surface area contributed by atoms with Crippen molar-refractivity contribution in [3.05, 3.63) is 41.2 Å². The lowest BCUT2D eigenvalue weighted by atomic mass is 10.1. The molecule has 0 bridgehead atoms. The van der Waals surface area contributed by atoms with Gasteiger partial charge < -0.3 is 10.1 Å². The van der Waals surface area contributed by atoms with Crippen LogP contribution in [0.5, 0.6) is 0 Å². The summed E-state index contributed by atoms with van der Waals surface area (Å²) in [5, 5.41) is 7.33. The second kappa shape index (κ2) is 8.89. The standard InChI is InChI=1S/C19H27N5O2/c1-14-10-15(2)24(23-14)8-5-7-18(25)20-11-16-12-21-19(22-13-16)17-6-3-4-9-26-17/h10,12-13,17H,3-9,11H2,1-2H3,(H,20,25)/t17-/m0/s1. The van der Waals surface area contributed by atoms with Crippen molar-refractivity contribution < 1.29 is 9.53 Å². The molecule has 0 aromatic carbocycles. The number of nitrogens with zero attached hydrogens (tertiary/aromatic N) is 4. The Morgan fingerprint density at radius 3 is 2.77 bits per heavy atom. The smallest absolute Gasteiger partial charge is 0.220 e. The van der Waals surface area contributed by atoms with Gasteiger partial charge in [-0.1, -0.05) is 0 Å². The van der Waals surface area contributed by atoms with Gasteiger partial charge in [-0.15, -0.1) is 0 Å². The van der Waals surface area contributed by atoms with E-state index in [0.29, 0.717) is 13.0 Å². The SMILES string of the molecule is Cc1cc(C)n(CCCC(=O)NCc2cnc([C@@H]3CCCCO3)nc2)n1. The Morgan fingerprint density at radius 1 is 1.31 bits per heavy atom. The van der Waals surface area contributed by atoms with Crippen molar-refractivity contribution in [3.8, 4) is 0 Å². The third kappa shape index (κ3) is 5.11. The molecule has 26 heavy (non-hydrogen) atoms. The predicted molar refractivity (Wildman–Crippen MR) is 97.4 cm³/mol. The van der Waals surface area contributed by atoms with Crippen LogP contribution in [-0.4, -0.2) is 32.3 Å². The maximum Gasteiger partial charge on any atom is 0.220 e. The minimum Gasteiger partial charge on any atom is -0.370 e. The quantitative estimate of drug-likeness (QED) is 0.824. The first-order chi connectivity index (χ1) is 12.6. The zero-order valence-electron chi connectivity index (χ0n) is 15.6. The summed E-state index contributed by atoms with van der Waals surface area (Å²) >= 11 is 0. The monoisotopic (exact) mass is 357 g/mol. The highest BCUT2D eigenvalue weighted by Crippen LogP contribution is 2.24. The number of aryl methyl sites for hydroxylation is 3. The molecule has 0 saturated carbocycles. The minimum absolute atomic E-state index is 0.0155. The van der Waals surface area contributed by atoms with Gasteiger partial charge in [0, 0.05) is 49.8 Å². The lowest BCUT2D eigenvalue weighted by Crippen LogP contribution is -2.23. The number of amides is 1. The molecule has 3 rings (SSSR count). The Hall–Kier alpha value is -2.28. The predicted octanol–water partition coefficient (Wildman–Crippen LogP) is 2.63. The average molecular weight is 357 g/mol. The van der Waals surface area contributed by atoms with Crippen molar-refractivity contribution in [1.82, 2.24) is 25.1 Å². The van der Waals surface area contributed by atoms with Crippen molar-refractivity contribution in [1.29, 1.82) is 0 Å². The molecule has 1 fully saturated rings. The molecule has 1 amide bonds. The highest BCUT2D eigenvalue weighted by molar-refractivity contribution is 5.75. The second-order valence-corrected chi connectivity index (χ2v) is 6.84. The minimum atomic E-state index is 0.0155. The van der Waals surface area contributed by atoms with Crippen LogP contribution in [0.1, 0.15) is 61.0 Å². The molecule has 0 spiro atoms. The Balaban J connectivity index is 1.39. The van der Waals surface area contributed by atoms with E-state index in [-0.39, 0.29) is 12.0 Å². The summed E-state index contributed by atoms with van der Waals surface area (Å²) < 4.78 is 7.64. The fourth-order valence-corrected chi connectivity index (χ4v) is 3.15. The van der Waals surface area contributed by atoms with Crippen LogP contribution < -0.4 is 5.32 Å². The highest BCUT2D eigenvalue weighted by atomic mass is 16.5. The van der Waals surface area contributed by atoms with Gasteiger partial charge >= 0.3 is 0 Å². The van der Waals surface area contributed by atoms with Gasteiger partial charge in [0.05, 0.1) is 5.69 Å². The largest absolute Gasteiger partial charge is 0.370 e. The number of ether oxygens (including phenoxy) is 1. The van der Waals surface area contributed by atoms with Crippen LogP contribution in [0, 0.1) is 13.8 Å². The van der Waals surface area contributed by atoms with E-state index in [1.54, 1.807) is 12.4 Å². The zero-order valence-corrected chi connectivity index (χ0v) is 15.6. The van der Waals surface area contributed by atoms with E-state index < -0.39 is 0 Å². The highest BCUT2D eigenvalue weighted by Gasteiger charge is 2.18. The lowest BCUT2D eigenvalue weighted by molar-refractivity contribution is -0.121. The van der Waals surface area contributed by atoms with E-state index in [2.05, 4.69) is 20.4 Å². The summed E-state index contributed by atoms with van der Waals surface area (Å²) in [5.41, 5.74) is 3.03. The maximum absolute atomic E-state index is 12.0. The molecule has 3 heterocycles. The lowest BCUT2D eigenvalue weighted by Gasteiger charge is -2.21. The van der Waals surface area contributed by atoms with Gasteiger partial charge in [-0.25, -0.2) is 9.97 Å². The van der Waals surface area contributed by atoms with Crippen LogP contribution >= 0.6 is 0 Å². The Labute approximate surface area is 154 Å². The first-order valence-corrected chi connectivity index (χ1v) is 9.32. The van der Waals surface area contributed by atoms with Crippen molar-refractivity contribution >= 4 is 5.91 Å². The Kier molecular flexibility index (Phi) is 6.33. The number of nitrogens with one attached hydrogen (secondary N) is 1. The van der Waals surface area contributed by atoms with Crippen LogP contribution in [0.3, 0.4) is 0 Å². The number of carbonyl (C=O) groups is 1. The second-order valence-electron chi connectivity index (χ2n) is 6.84. The topological polar surface area (TPSA) is 81.9 Å². The molecule has 0 radical (unpaired) electrons. The average Bonchev–Trinajstić information content (AvgIpc) is 2.98. The van der Waals surface area contributed by atoms with Gasteiger partial charge in [0.25, 0.3) is 0 Å². The molecule has 1 aliphatic rings. The van der Waals surface area contributed by atoms with E-state index >= 15 is 0 Å². The van der Waals surface area contributed by atoms with Gasteiger partial charge in [0.2, 0.25) is 5.91 Å². The van der Waals surface area contributed by atoms with Crippen molar-refractivity contribution in [2.75, 3.05) is 6.61 Å². The number of rotatable bonds is 7. The normalized spacial score (nSPS) is 17.2. The maximum atomic E-state index is 12.0. The first-order valence-electron chi connectivity index (χ1n) is 9.32.